The van der Waals surface area contributed by atoms with Crippen molar-refractivity contribution in [3.05, 3.63) is 0 Å². The minimum Gasteiger partial charge on any atom is -0.446 e. The van der Waals surface area contributed by atoms with Crippen LogP contribution in [0.5, 0.6) is 0 Å². The predicted octanol–water partition coefficient (Wildman–Crippen LogP) is -0.120. The molecule has 5 heteroatoms. The summed E-state index contributed by atoms with van der Waals surface area (Å²) in [6.45, 7) is 2.44. The Balaban J connectivity index is 2.45. The first kappa shape index (κ1) is 7.84. The van der Waals surface area contributed by atoms with E-state index in [0.717, 1.165) is 0 Å². The summed E-state index contributed by atoms with van der Waals surface area (Å²) in [4.78, 5) is 21.5. The lowest BCUT2D eigenvalue weighted by molar-refractivity contribution is -0.136. The van der Waals surface area contributed by atoms with Crippen molar-refractivity contribution in [2.45, 2.75) is 13.3 Å². The van der Waals surface area contributed by atoms with Crippen molar-refractivity contribution in [3.8, 4) is 0 Å². The lowest BCUT2D eigenvalue weighted by Gasteiger charge is -2.26. The average molecular weight is 158 g/mol. The highest BCUT2D eigenvalue weighted by Gasteiger charge is 2.19. The van der Waals surface area contributed by atoms with Gasteiger partial charge in [0, 0.05) is 6.42 Å². The molecule has 5 nitrogen and oxygen atoms in total. The molecule has 11 heavy (non-hydrogen) atoms. The van der Waals surface area contributed by atoms with Gasteiger partial charge in [0.25, 0.3) is 0 Å². The summed E-state index contributed by atoms with van der Waals surface area (Å²) in [6.07, 6.45) is -0.168. The van der Waals surface area contributed by atoms with E-state index in [0.29, 0.717) is 13.0 Å². The maximum Gasteiger partial charge on any atom is 0.426 e. The summed E-state index contributed by atoms with van der Waals surface area (Å²) in [6, 6.07) is 0. The van der Waals surface area contributed by atoms with Crippen LogP contribution in [0.1, 0.15) is 13.3 Å². The number of cyclic esters (lactones) is 1. The molecule has 1 heterocycles. The van der Waals surface area contributed by atoms with Crippen LogP contribution in [-0.4, -0.2) is 30.2 Å². The summed E-state index contributed by atoms with van der Waals surface area (Å²) in [5.41, 5.74) is 2.29. The third-order valence-corrected chi connectivity index (χ3v) is 1.38. The zero-order valence-electron chi connectivity index (χ0n) is 6.29. The molecule has 0 radical (unpaired) electrons. The number of nitrogens with zero attached hydrogens (tertiary/aromatic N) is 1. The molecule has 1 rings (SSSR count). The van der Waals surface area contributed by atoms with E-state index in [9.17, 15) is 9.59 Å². The van der Waals surface area contributed by atoms with E-state index in [4.69, 9.17) is 0 Å². The van der Waals surface area contributed by atoms with Gasteiger partial charge < -0.3 is 4.74 Å². The standard InChI is InChI=1S/C6H10N2O3/c1-2-5(9)8-3-4-11-6(10)7-8/h2-4H2,1H3,(H,7,10). The van der Waals surface area contributed by atoms with E-state index < -0.39 is 6.09 Å². The van der Waals surface area contributed by atoms with E-state index in [-0.39, 0.29) is 12.5 Å². The van der Waals surface area contributed by atoms with Gasteiger partial charge in [-0.15, -0.1) is 0 Å². The van der Waals surface area contributed by atoms with Crippen molar-refractivity contribution in [2.24, 2.45) is 0 Å². The highest BCUT2D eigenvalue weighted by molar-refractivity contribution is 5.79. The molecule has 1 fully saturated rings. The van der Waals surface area contributed by atoms with Gasteiger partial charge in [-0.1, -0.05) is 6.92 Å². The molecule has 2 amide bonds. The van der Waals surface area contributed by atoms with Crippen LogP contribution < -0.4 is 5.43 Å². The molecule has 0 saturated carbocycles. The van der Waals surface area contributed by atoms with E-state index in [2.05, 4.69) is 10.2 Å². The number of rotatable bonds is 1. The summed E-state index contributed by atoms with van der Waals surface area (Å²) in [7, 11) is 0. The molecular weight excluding hydrogens is 148 g/mol. The van der Waals surface area contributed by atoms with Crippen molar-refractivity contribution >= 4 is 12.0 Å². The minimum absolute atomic E-state index is 0.0957. The lowest BCUT2D eigenvalue weighted by atomic mass is 10.4. The monoisotopic (exact) mass is 158 g/mol. The quantitative estimate of drug-likeness (QED) is 0.578. The number of hydrogen-bond donors (Lipinski definition) is 1. The number of nitrogens with one attached hydrogen (secondary N) is 1. The van der Waals surface area contributed by atoms with Crippen molar-refractivity contribution in [2.75, 3.05) is 13.2 Å². The Bertz CT molecular complexity index is 181. The van der Waals surface area contributed by atoms with Crippen LogP contribution in [0.3, 0.4) is 0 Å². The number of carbonyl (C=O) groups excluding carboxylic acids is 2. The van der Waals surface area contributed by atoms with Crippen LogP contribution >= 0.6 is 0 Å². The number of hydrazine groups is 1. The van der Waals surface area contributed by atoms with Gasteiger partial charge in [-0.2, -0.15) is 0 Å². The summed E-state index contributed by atoms with van der Waals surface area (Å²) in [5, 5.41) is 1.27. The number of carbonyl (C=O) groups is 2. The largest absolute Gasteiger partial charge is 0.446 e. The molecule has 1 aliphatic heterocycles. The van der Waals surface area contributed by atoms with Crippen molar-refractivity contribution in [1.82, 2.24) is 10.4 Å². The van der Waals surface area contributed by atoms with Crippen LogP contribution in [0, 0.1) is 0 Å². The molecule has 0 spiro atoms. The van der Waals surface area contributed by atoms with Gasteiger partial charge in [0.05, 0.1) is 6.54 Å². The van der Waals surface area contributed by atoms with E-state index in [1.54, 1.807) is 6.92 Å². The van der Waals surface area contributed by atoms with Crippen molar-refractivity contribution in [1.29, 1.82) is 0 Å². The van der Waals surface area contributed by atoms with Crippen LogP contribution in [0.2, 0.25) is 0 Å². The molecule has 0 atom stereocenters. The molecule has 0 unspecified atom stereocenters. The van der Waals surface area contributed by atoms with E-state index >= 15 is 0 Å². The lowest BCUT2D eigenvalue weighted by Crippen LogP contribution is -2.52. The molecule has 1 aliphatic rings. The second kappa shape index (κ2) is 3.23. The van der Waals surface area contributed by atoms with Gasteiger partial charge in [-0.25, -0.2) is 15.2 Å². The third kappa shape index (κ3) is 1.83. The summed E-state index contributed by atoms with van der Waals surface area (Å²) >= 11 is 0. The van der Waals surface area contributed by atoms with Crippen LogP contribution in [-0.2, 0) is 9.53 Å². The molecule has 0 aliphatic carbocycles. The predicted molar refractivity (Wildman–Crippen MR) is 36.5 cm³/mol. The van der Waals surface area contributed by atoms with Crippen molar-refractivity contribution in [3.63, 3.8) is 0 Å². The molecule has 0 aromatic carbocycles. The maximum absolute atomic E-state index is 11.0. The fraction of sp³-hybridized carbons (Fsp3) is 0.667. The number of hydrogen-bond acceptors (Lipinski definition) is 3. The first-order valence-electron chi connectivity index (χ1n) is 3.48. The number of amides is 2. The van der Waals surface area contributed by atoms with Gasteiger partial charge >= 0.3 is 6.09 Å². The summed E-state index contributed by atoms with van der Waals surface area (Å²) in [5.74, 6) is -0.0957. The Morgan fingerprint density at radius 1 is 1.82 bits per heavy atom. The van der Waals surface area contributed by atoms with Gasteiger partial charge in [-0.3, -0.25) is 4.79 Å². The Morgan fingerprint density at radius 3 is 3.09 bits per heavy atom. The minimum atomic E-state index is -0.557. The molecule has 1 N–H and O–H groups in total. The van der Waals surface area contributed by atoms with Gasteiger partial charge in [0.2, 0.25) is 5.91 Å². The topological polar surface area (TPSA) is 58.6 Å². The highest BCUT2D eigenvalue weighted by atomic mass is 16.6. The second-order valence-electron chi connectivity index (χ2n) is 2.15. The average Bonchev–Trinajstić information content (AvgIpc) is 2.03. The maximum atomic E-state index is 11.0. The Hall–Kier alpha value is -1.26. The molecule has 0 bridgehead atoms. The van der Waals surface area contributed by atoms with E-state index in [1.807, 2.05) is 0 Å². The zero-order chi connectivity index (χ0) is 8.27. The Kier molecular flexibility index (Phi) is 2.30. The molecule has 1 saturated heterocycles. The third-order valence-electron chi connectivity index (χ3n) is 1.38. The highest BCUT2D eigenvalue weighted by Crippen LogP contribution is 1.95. The Labute approximate surface area is 64.3 Å². The fourth-order valence-electron chi connectivity index (χ4n) is 0.806. The first-order valence-corrected chi connectivity index (χ1v) is 3.48. The van der Waals surface area contributed by atoms with Crippen LogP contribution in [0.4, 0.5) is 4.79 Å². The normalized spacial score (nSPS) is 17.2. The molecule has 0 aromatic heterocycles. The smallest absolute Gasteiger partial charge is 0.426 e. The second-order valence-corrected chi connectivity index (χ2v) is 2.15. The van der Waals surface area contributed by atoms with Gasteiger partial charge in [-0.05, 0) is 0 Å². The van der Waals surface area contributed by atoms with Gasteiger partial charge in [0.1, 0.15) is 6.61 Å². The van der Waals surface area contributed by atoms with Crippen LogP contribution in [0.25, 0.3) is 0 Å². The Morgan fingerprint density at radius 2 is 2.55 bits per heavy atom. The van der Waals surface area contributed by atoms with Crippen molar-refractivity contribution < 1.29 is 14.3 Å². The van der Waals surface area contributed by atoms with E-state index in [1.165, 1.54) is 5.01 Å². The molecule has 0 aromatic rings. The summed E-state index contributed by atoms with van der Waals surface area (Å²) < 4.78 is 4.56. The fourth-order valence-corrected chi connectivity index (χ4v) is 0.806. The molecular formula is C6H10N2O3. The zero-order valence-corrected chi connectivity index (χ0v) is 6.29. The van der Waals surface area contributed by atoms with Gasteiger partial charge in [0.15, 0.2) is 0 Å². The number of ether oxygens (including phenoxy) is 1. The SMILES string of the molecule is CCC(=O)N1CCOC(=O)N1. The molecule has 62 valence electrons. The first-order chi connectivity index (χ1) is 5.24. The van der Waals surface area contributed by atoms with Crippen LogP contribution in [0.15, 0.2) is 0 Å².